The number of rotatable bonds is 3. The lowest BCUT2D eigenvalue weighted by Gasteiger charge is -2.32. The van der Waals surface area contributed by atoms with Crippen LogP contribution in [0.15, 0.2) is 24.3 Å². The van der Waals surface area contributed by atoms with Crippen molar-refractivity contribution in [1.82, 2.24) is 0 Å². The van der Waals surface area contributed by atoms with Crippen molar-refractivity contribution in [3.8, 4) is 16.9 Å². The molecule has 0 aliphatic rings. The van der Waals surface area contributed by atoms with E-state index in [1.54, 1.807) is 21.2 Å². The highest BCUT2D eigenvalue weighted by molar-refractivity contribution is 14.2. The van der Waals surface area contributed by atoms with Crippen molar-refractivity contribution in [3.63, 3.8) is 0 Å². The van der Waals surface area contributed by atoms with Gasteiger partial charge in [0.1, 0.15) is 16.4 Å². The van der Waals surface area contributed by atoms with Gasteiger partial charge >= 0.3 is 18.4 Å². The molecule has 2 aromatic rings. The molecule has 2 N–H and O–H groups in total. The van der Waals surface area contributed by atoms with Crippen LogP contribution in [0.2, 0.25) is 5.02 Å². The molecular formula is C18H8BClF8INO4S. The van der Waals surface area contributed by atoms with E-state index in [0.717, 1.165) is 0 Å². The van der Waals surface area contributed by atoms with Crippen LogP contribution in [0.25, 0.3) is 0 Å². The highest BCUT2D eigenvalue weighted by Gasteiger charge is 2.43. The number of carbonyl (C=O) groups excluding carboxylic acids is 1. The smallest absolute Gasteiger partial charge is 0.408 e. The van der Waals surface area contributed by atoms with Crippen LogP contribution < -0.4 is 9.64 Å². The van der Waals surface area contributed by atoms with Crippen molar-refractivity contribution in [3.05, 3.63) is 57.6 Å². The van der Waals surface area contributed by atoms with Crippen LogP contribution in [-0.2, 0) is 12.4 Å². The number of halogens is 10. The van der Waals surface area contributed by atoms with Crippen molar-refractivity contribution in [1.29, 1.82) is 0 Å². The first-order valence-corrected chi connectivity index (χ1v) is 12.3. The van der Waals surface area contributed by atoms with Gasteiger partial charge in [-0.15, -0.1) is 0 Å². The quantitative estimate of drug-likeness (QED) is 0.117. The molecule has 0 bridgehead atoms. The zero-order valence-electron chi connectivity index (χ0n) is 16.7. The van der Waals surface area contributed by atoms with E-state index in [2.05, 4.69) is 9.99 Å². The third kappa shape index (κ3) is 6.85. The van der Waals surface area contributed by atoms with E-state index >= 15 is 0 Å². The SMILES string of the molecule is BC(O)(O)N(C(=O)Oc1c(C#CSI)cc(C(F)(F)F)cc1C(F)(F)F)c1ccc(F)c(Cl)c1F. The molecule has 0 atom stereocenters. The van der Waals surface area contributed by atoms with Gasteiger partial charge < -0.3 is 14.9 Å². The number of amides is 1. The van der Waals surface area contributed by atoms with Crippen molar-refractivity contribution < 1.29 is 54.9 Å². The number of hydrogen-bond donors (Lipinski definition) is 2. The largest absolute Gasteiger partial charge is 0.423 e. The van der Waals surface area contributed by atoms with E-state index < -0.39 is 69.0 Å². The molecule has 2 rings (SSSR count). The van der Waals surface area contributed by atoms with Crippen molar-refractivity contribution in [2.75, 3.05) is 4.90 Å². The molecule has 0 aliphatic carbocycles. The Labute approximate surface area is 213 Å². The minimum Gasteiger partial charge on any atom is -0.408 e. The monoisotopic (exact) mass is 659 g/mol. The van der Waals surface area contributed by atoms with Crippen LogP contribution >= 0.6 is 41.7 Å². The highest BCUT2D eigenvalue weighted by Crippen LogP contribution is 2.43. The topological polar surface area (TPSA) is 70.0 Å². The summed E-state index contributed by atoms with van der Waals surface area (Å²) >= 11 is 6.97. The number of ether oxygens (including phenoxy) is 1. The van der Waals surface area contributed by atoms with Gasteiger partial charge in [0.15, 0.2) is 11.6 Å². The molecule has 2 aromatic carbocycles. The van der Waals surface area contributed by atoms with Crippen LogP contribution in [0.5, 0.6) is 5.75 Å². The first kappa shape index (κ1) is 29.3. The van der Waals surface area contributed by atoms with Gasteiger partial charge in [-0.05, 0) is 38.5 Å². The number of aliphatic hydroxyl groups is 2. The van der Waals surface area contributed by atoms with E-state index in [1.807, 2.05) is 5.92 Å². The molecule has 188 valence electrons. The minimum atomic E-state index is -5.51. The van der Waals surface area contributed by atoms with E-state index in [-0.39, 0.29) is 17.0 Å². The summed E-state index contributed by atoms with van der Waals surface area (Å²) < 4.78 is 113. The predicted molar refractivity (Wildman–Crippen MR) is 121 cm³/mol. The summed E-state index contributed by atoms with van der Waals surface area (Å²) in [6, 6.07) is 0.824. The van der Waals surface area contributed by atoms with E-state index in [9.17, 15) is 50.1 Å². The average molecular weight is 659 g/mol. The molecule has 0 aliphatic heterocycles. The van der Waals surface area contributed by atoms with Gasteiger partial charge in [-0.3, -0.25) is 0 Å². The zero-order valence-corrected chi connectivity index (χ0v) is 20.4. The maximum absolute atomic E-state index is 14.5. The van der Waals surface area contributed by atoms with Crippen molar-refractivity contribution in [2.45, 2.75) is 18.2 Å². The van der Waals surface area contributed by atoms with E-state index in [4.69, 9.17) is 11.6 Å². The molecule has 17 heteroatoms. The summed E-state index contributed by atoms with van der Waals surface area (Å²) in [5, 5.41) is 20.8. The average Bonchev–Trinajstić information content (AvgIpc) is 2.70. The Balaban J connectivity index is 2.77. The van der Waals surface area contributed by atoms with Gasteiger partial charge in [-0.1, -0.05) is 17.5 Å². The maximum atomic E-state index is 14.5. The molecule has 0 fully saturated rings. The molecule has 0 heterocycles. The first-order chi connectivity index (χ1) is 15.9. The third-order valence-corrected chi connectivity index (χ3v) is 5.18. The number of benzene rings is 2. The molecule has 0 saturated carbocycles. The Kier molecular flexibility index (Phi) is 8.86. The molecule has 0 saturated heterocycles. The highest BCUT2D eigenvalue weighted by atomic mass is 127. The number of anilines is 1. The first-order valence-electron chi connectivity index (χ1n) is 8.61. The zero-order chi connectivity index (χ0) is 26.9. The van der Waals surface area contributed by atoms with Gasteiger partial charge in [0, 0.05) is 21.2 Å². The fourth-order valence-corrected chi connectivity index (χ4v) is 3.24. The second-order valence-electron chi connectivity index (χ2n) is 6.57. The third-order valence-electron chi connectivity index (χ3n) is 4.00. The molecule has 5 nitrogen and oxygen atoms in total. The Morgan fingerprint density at radius 1 is 1.11 bits per heavy atom. The summed E-state index contributed by atoms with van der Waals surface area (Å²) in [7, 11) is 1.15. The normalized spacial score (nSPS) is 12.1. The van der Waals surface area contributed by atoms with Gasteiger partial charge in [0.05, 0.1) is 16.8 Å². The second kappa shape index (κ2) is 10.6. The molecule has 0 radical (unpaired) electrons. The number of alkyl halides is 6. The van der Waals surface area contributed by atoms with Crippen LogP contribution in [0.4, 0.5) is 45.6 Å². The Morgan fingerprint density at radius 2 is 1.71 bits per heavy atom. The Hall–Kier alpha value is -1.94. The lowest BCUT2D eigenvalue weighted by molar-refractivity contribution is -0.143. The number of carbonyl (C=O) groups is 1. The van der Waals surface area contributed by atoms with E-state index in [0.29, 0.717) is 28.9 Å². The van der Waals surface area contributed by atoms with Gasteiger partial charge in [0.2, 0.25) is 13.7 Å². The van der Waals surface area contributed by atoms with Crippen LogP contribution in [0, 0.1) is 22.8 Å². The molecule has 35 heavy (non-hydrogen) atoms. The van der Waals surface area contributed by atoms with Crippen LogP contribution in [0.3, 0.4) is 0 Å². The summed E-state index contributed by atoms with van der Waals surface area (Å²) in [6.07, 6.45) is -12.9. The molecule has 1 amide bonds. The second-order valence-corrected chi connectivity index (χ2v) is 8.63. The van der Waals surface area contributed by atoms with Gasteiger partial charge in [-0.2, -0.15) is 26.3 Å². The predicted octanol–water partition coefficient (Wildman–Crippen LogP) is 5.28. The summed E-state index contributed by atoms with van der Waals surface area (Å²) in [6.45, 7) is 0. The van der Waals surface area contributed by atoms with E-state index in [1.165, 1.54) is 0 Å². The Bertz CT molecular complexity index is 1210. The summed E-state index contributed by atoms with van der Waals surface area (Å²) in [4.78, 5) is 12.4. The molecule has 0 aromatic heterocycles. The molecule has 0 unspecified atom stereocenters. The minimum absolute atomic E-state index is 0.175. The standard InChI is InChI=1S/C18H8BClF8INO4S/c19-18(32,33)30(11-2-1-10(21)12(20)13(11)22)15(31)34-14-7(3-4-35-29)5-8(16(23,24)25)6-9(14)17(26,27)28/h1-2,5-6,32-33H,19H2. The van der Waals surface area contributed by atoms with Crippen LogP contribution in [-0.4, -0.2) is 30.0 Å². The lowest BCUT2D eigenvalue weighted by atomic mass is 10.0. The summed E-state index contributed by atoms with van der Waals surface area (Å²) in [5.74, 6) is -5.96. The molecule has 0 spiro atoms. The fourth-order valence-electron chi connectivity index (χ4n) is 2.60. The Morgan fingerprint density at radius 3 is 2.20 bits per heavy atom. The number of nitrogens with zero attached hydrogens (tertiary/aromatic N) is 1. The van der Waals surface area contributed by atoms with Gasteiger partial charge in [0.25, 0.3) is 0 Å². The molecular weight excluding hydrogens is 651 g/mol. The van der Waals surface area contributed by atoms with Crippen molar-refractivity contribution in [2.24, 2.45) is 0 Å². The maximum Gasteiger partial charge on any atom is 0.423 e. The fraction of sp³-hybridized carbons (Fsp3) is 0.167. The summed E-state index contributed by atoms with van der Waals surface area (Å²) in [5.41, 5.74) is -6.03. The number of hydrogen-bond acceptors (Lipinski definition) is 5. The van der Waals surface area contributed by atoms with Crippen LogP contribution in [0.1, 0.15) is 16.7 Å². The van der Waals surface area contributed by atoms with Crippen molar-refractivity contribution >= 4 is 61.4 Å². The lowest BCUT2D eigenvalue weighted by Crippen LogP contribution is -2.54. The van der Waals surface area contributed by atoms with Gasteiger partial charge in [-0.25, -0.2) is 18.5 Å².